The topological polar surface area (TPSA) is 88.3 Å². The van der Waals surface area contributed by atoms with E-state index < -0.39 is 4.92 Å². The Hall–Kier alpha value is -2.21. The number of nitro benzene ring substituents is 1. The van der Waals surface area contributed by atoms with Gasteiger partial charge in [0.2, 0.25) is 0 Å². The predicted octanol–water partition coefficient (Wildman–Crippen LogP) is 2.57. The summed E-state index contributed by atoms with van der Waals surface area (Å²) in [6.45, 7) is 2.96. The largest absolute Gasteiger partial charge is 0.396 e. The van der Waals surface area contributed by atoms with Crippen molar-refractivity contribution in [3.63, 3.8) is 0 Å². The van der Waals surface area contributed by atoms with Crippen molar-refractivity contribution in [3.05, 3.63) is 40.4 Å². The molecule has 106 valence electrons. The molecule has 1 aromatic carbocycles. The van der Waals surface area contributed by atoms with Crippen LogP contribution in [0.3, 0.4) is 0 Å². The van der Waals surface area contributed by atoms with Crippen LogP contribution in [0.2, 0.25) is 0 Å². The van der Waals surface area contributed by atoms with Crippen LogP contribution in [0.5, 0.6) is 0 Å². The van der Waals surface area contributed by atoms with Crippen LogP contribution in [-0.4, -0.2) is 28.2 Å². The molecular weight excluding hydrogens is 258 g/mol. The van der Waals surface area contributed by atoms with E-state index in [1.54, 1.807) is 12.1 Å². The molecule has 0 saturated carbocycles. The van der Waals surface area contributed by atoms with E-state index >= 15 is 0 Å². The van der Waals surface area contributed by atoms with Crippen LogP contribution in [0.25, 0.3) is 10.9 Å². The molecule has 20 heavy (non-hydrogen) atoms. The highest BCUT2D eigenvalue weighted by Gasteiger charge is 2.07. The maximum atomic E-state index is 10.7. The Morgan fingerprint density at radius 1 is 1.40 bits per heavy atom. The van der Waals surface area contributed by atoms with E-state index in [1.165, 1.54) is 12.1 Å². The van der Waals surface area contributed by atoms with E-state index in [1.807, 2.05) is 13.0 Å². The average molecular weight is 275 g/mol. The van der Waals surface area contributed by atoms with E-state index in [9.17, 15) is 10.1 Å². The van der Waals surface area contributed by atoms with Crippen molar-refractivity contribution >= 4 is 22.4 Å². The van der Waals surface area contributed by atoms with Gasteiger partial charge in [-0.05, 0) is 30.5 Å². The third-order valence-electron chi connectivity index (χ3n) is 3.14. The molecule has 1 unspecified atom stereocenters. The van der Waals surface area contributed by atoms with Gasteiger partial charge in [-0.3, -0.25) is 10.1 Å². The van der Waals surface area contributed by atoms with Crippen LogP contribution in [-0.2, 0) is 0 Å². The molecule has 2 N–H and O–H groups in total. The van der Waals surface area contributed by atoms with Crippen LogP contribution in [0.1, 0.15) is 13.3 Å². The average Bonchev–Trinajstić information content (AvgIpc) is 2.44. The Morgan fingerprint density at radius 3 is 2.90 bits per heavy atom. The normalized spacial score (nSPS) is 12.3. The van der Waals surface area contributed by atoms with Gasteiger partial charge in [-0.1, -0.05) is 6.92 Å². The van der Waals surface area contributed by atoms with Crippen molar-refractivity contribution in [3.8, 4) is 0 Å². The summed E-state index contributed by atoms with van der Waals surface area (Å²) < 4.78 is 0. The molecule has 0 amide bonds. The molecule has 1 atom stereocenters. The summed E-state index contributed by atoms with van der Waals surface area (Å²) in [7, 11) is 0. The number of anilines is 1. The number of aliphatic hydroxyl groups excluding tert-OH is 1. The van der Waals surface area contributed by atoms with E-state index in [-0.39, 0.29) is 12.3 Å². The minimum atomic E-state index is -0.415. The molecular formula is C14H17N3O3. The van der Waals surface area contributed by atoms with Crippen LogP contribution in [0.4, 0.5) is 11.5 Å². The van der Waals surface area contributed by atoms with Crippen molar-refractivity contribution in [1.82, 2.24) is 4.98 Å². The Labute approximate surface area is 116 Å². The molecule has 0 aliphatic carbocycles. The molecule has 0 aliphatic rings. The lowest BCUT2D eigenvalue weighted by molar-refractivity contribution is -0.384. The molecule has 0 spiro atoms. The van der Waals surface area contributed by atoms with Crippen molar-refractivity contribution in [2.24, 2.45) is 5.92 Å². The van der Waals surface area contributed by atoms with Crippen LogP contribution >= 0.6 is 0 Å². The molecule has 6 heteroatoms. The lowest BCUT2D eigenvalue weighted by Gasteiger charge is -2.11. The number of rotatable bonds is 6. The number of nitrogens with one attached hydrogen (secondary N) is 1. The zero-order valence-electron chi connectivity index (χ0n) is 11.2. The van der Waals surface area contributed by atoms with Gasteiger partial charge < -0.3 is 10.4 Å². The number of nitrogens with zero attached hydrogens (tertiary/aromatic N) is 2. The highest BCUT2D eigenvalue weighted by Crippen LogP contribution is 2.21. The zero-order chi connectivity index (χ0) is 14.5. The van der Waals surface area contributed by atoms with Crippen molar-refractivity contribution in [2.45, 2.75) is 13.3 Å². The maximum absolute atomic E-state index is 10.7. The fourth-order valence-electron chi connectivity index (χ4n) is 1.93. The van der Waals surface area contributed by atoms with Gasteiger partial charge in [0.25, 0.3) is 5.69 Å². The second-order valence-corrected chi connectivity index (χ2v) is 4.83. The third-order valence-corrected chi connectivity index (χ3v) is 3.14. The molecule has 0 fully saturated rings. The highest BCUT2D eigenvalue weighted by molar-refractivity contribution is 5.82. The molecule has 0 aliphatic heterocycles. The first-order chi connectivity index (χ1) is 9.60. The minimum Gasteiger partial charge on any atom is -0.396 e. The number of hydrogen-bond donors (Lipinski definition) is 2. The number of nitro groups is 1. The van der Waals surface area contributed by atoms with Gasteiger partial charge in [0.1, 0.15) is 5.82 Å². The Morgan fingerprint density at radius 2 is 2.20 bits per heavy atom. The van der Waals surface area contributed by atoms with E-state index in [2.05, 4.69) is 10.3 Å². The number of benzene rings is 1. The second-order valence-electron chi connectivity index (χ2n) is 4.83. The summed E-state index contributed by atoms with van der Waals surface area (Å²) in [5, 5.41) is 23.5. The number of aliphatic hydroxyl groups is 1. The number of pyridine rings is 1. The van der Waals surface area contributed by atoms with Crippen LogP contribution in [0, 0.1) is 16.0 Å². The molecule has 1 aromatic heterocycles. The first-order valence-corrected chi connectivity index (χ1v) is 6.50. The van der Waals surface area contributed by atoms with E-state index in [0.29, 0.717) is 5.92 Å². The smallest absolute Gasteiger partial charge is 0.270 e. The summed E-state index contributed by atoms with van der Waals surface area (Å²) in [4.78, 5) is 14.7. The lowest BCUT2D eigenvalue weighted by Crippen LogP contribution is -2.13. The standard InChI is InChI=1S/C14H17N3O3/c1-10(6-7-18)9-15-14-5-2-11-8-12(17(19)20)3-4-13(11)16-14/h2-5,8,10,18H,6-7,9H2,1H3,(H,15,16). The molecule has 0 bridgehead atoms. The third kappa shape index (κ3) is 3.42. The van der Waals surface area contributed by atoms with Gasteiger partial charge >= 0.3 is 0 Å². The van der Waals surface area contributed by atoms with E-state index in [4.69, 9.17) is 5.11 Å². The predicted molar refractivity (Wildman–Crippen MR) is 77.8 cm³/mol. The first-order valence-electron chi connectivity index (χ1n) is 6.50. The lowest BCUT2D eigenvalue weighted by atomic mass is 10.1. The quantitative estimate of drug-likeness (QED) is 0.625. The molecule has 0 saturated heterocycles. The SMILES string of the molecule is CC(CCO)CNc1ccc2cc([N+](=O)[O-])ccc2n1. The Balaban J connectivity index is 2.13. The Bertz CT molecular complexity index is 616. The van der Waals surface area contributed by atoms with Gasteiger partial charge in [0, 0.05) is 30.7 Å². The fourth-order valence-corrected chi connectivity index (χ4v) is 1.93. The van der Waals surface area contributed by atoms with Crippen LogP contribution in [0.15, 0.2) is 30.3 Å². The summed E-state index contributed by atoms with van der Waals surface area (Å²) in [6.07, 6.45) is 0.743. The number of non-ortho nitro benzene ring substituents is 1. The number of hydrogen-bond acceptors (Lipinski definition) is 5. The summed E-state index contributed by atoms with van der Waals surface area (Å²) >= 11 is 0. The molecule has 6 nitrogen and oxygen atoms in total. The highest BCUT2D eigenvalue weighted by atomic mass is 16.6. The van der Waals surface area contributed by atoms with Crippen molar-refractivity contribution < 1.29 is 10.0 Å². The summed E-state index contributed by atoms with van der Waals surface area (Å²) in [5.41, 5.74) is 0.784. The van der Waals surface area contributed by atoms with Gasteiger partial charge in [0.05, 0.1) is 10.4 Å². The second kappa shape index (κ2) is 6.29. The Kier molecular flexibility index (Phi) is 4.47. The number of fused-ring (bicyclic) bond motifs is 1. The fraction of sp³-hybridized carbons (Fsp3) is 0.357. The molecule has 2 rings (SSSR count). The van der Waals surface area contributed by atoms with E-state index in [0.717, 1.165) is 29.7 Å². The summed E-state index contributed by atoms with van der Waals surface area (Å²) in [5.74, 6) is 1.09. The minimum absolute atomic E-state index is 0.0663. The monoisotopic (exact) mass is 275 g/mol. The maximum Gasteiger partial charge on any atom is 0.270 e. The summed E-state index contributed by atoms with van der Waals surface area (Å²) in [6, 6.07) is 8.23. The van der Waals surface area contributed by atoms with Gasteiger partial charge in [-0.15, -0.1) is 0 Å². The molecule has 0 radical (unpaired) electrons. The molecule has 2 aromatic rings. The van der Waals surface area contributed by atoms with Gasteiger partial charge in [0.15, 0.2) is 0 Å². The first kappa shape index (κ1) is 14.2. The molecule has 1 heterocycles. The van der Waals surface area contributed by atoms with Gasteiger partial charge in [-0.2, -0.15) is 0 Å². The van der Waals surface area contributed by atoms with Gasteiger partial charge in [-0.25, -0.2) is 4.98 Å². The van der Waals surface area contributed by atoms with Crippen LogP contribution < -0.4 is 5.32 Å². The zero-order valence-corrected chi connectivity index (χ0v) is 11.2. The van der Waals surface area contributed by atoms with Crippen molar-refractivity contribution in [2.75, 3.05) is 18.5 Å². The number of aromatic nitrogens is 1. The van der Waals surface area contributed by atoms with Crippen molar-refractivity contribution in [1.29, 1.82) is 0 Å².